The molecule has 94 valence electrons. The maximum Gasteiger partial charge on any atom is 0.254 e. The van der Waals surface area contributed by atoms with Gasteiger partial charge in [-0.05, 0) is 32.4 Å². The molecule has 1 aromatic rings. The van der Waals surface area contributed by atoms with E-state index in [1.807, 2.05) is 19.9 Å². The smallest absolute Gasteiger partial charge is 0.254 e. The third-order valence-electron chi connectivity index (χ3n) is 2.70. The van der Waals surface area contributed by atoms with Crippen LogP contribution in [-0.2, 0) is 6.42 Å². The lowest BCUT2D eigenvalue weighted by Gasteiger charge is -2.21. The second kappa shape index (κ2) is 6.01. The molecular formula is C13H19ClN2O. The molecule has 4 heteroatoms. The van der Waals surface area contributed by atoms with Gasteiger partial charge in [0, 0.05) is 24.3 Å². The van der Waals surface area contributed by atoms with E-state index in [9.17, 15) is 4.79 Å². The number of carbonyl (C=O) groups is 1. The number of hydrogen-bond acceptors (Lipinski definition) is 2. The van der Waals surface area contributed by atoms with Crippen molar-refractivity contribution in [1.82, 2.24) is 9.88 Å². The average Bonchev–Trinajstić information content (AvgIpc) is 2.26. The highest BCUT2D eigenvalue weighted by Gasteiger charge is 2.15. The molecule has 0 unspecified atom stereocenters. The lowest BCUT2D eigenvalue weighted by Crippen LogP contribution is -2.33. The number of aromatic nitrogens is 1. The van der Waals surface area contributed by atoms with Gasteiger partial charge in [0.15, 0.2) is 0 Å². The summed E-state index contributed by atoms with van der Waals surface area (Å²) in [5.74, 6) is -0.0124. The first-order valence-electron chi connectivity index (χ1n) is 5.89. The van der Waals surface area contributed by atoms with Crippen LogP contribution in [0.5, 0.6) is 0 Å². The first kappa shape index (κ1) is 14.0. The molecule has 1 amide bonds. The SMILES string of the molecule is CCCc1cc(C(=O)N(C)C(C)C)cc(Cl)n1. The Morgan fingerprint density at radius 3 is 2.65 bits per heavy atom. The van der Waals surface area contributed by atoms with Crippen LogP contribution in [0.25, 0.3) is 0 Å². The van der Waals surface area contributed by atoms with Gasteiger partial charge in [-0.2, -0.15) is 0 Å². The van der Waals surface area contributed by atoms with E-state index in [2.05, 4.69) is 11.9 Å². The number of hydrogen-bond donors (Lipinski definition) is 0. The van der Waals surface area contributed by atoms with Gasteiger partial charge in [0.2, 0.25) is 0 Å². The van der Waals surface area contributed by atoms with Gasteiger partial charge in [-0.3, -0.25) is 4.79 Å². The van der Waals surface area contributed by atoms with Gasteiger partial charge in [0.25, 0.3) is 5.91 Å². The minimum absolute atomic E-state index is 0.0124. The molecular weight excluding hydrogens is 236 g/mol. The minimum Gasteiger partial charge on any atom is -0.339 e. The third kappa shape index (κ3) is 3.70. The Hall–Kier alpha value is -1.09. The summed E-state index contributed by atoms with van der Waals surface area (Å²) in [7, 11) is 1.79. The first-order chi connectivity index (χ1) is 7.95. The Morgan fingerprint density at radius 1 is 1.47 bits per heavy atom. The van der Waals surface area contributed by atoms with E-state index >= 15 is 0 Å². The summed E-state index contributed by atoms with van der Waals surface area (Å²) in [6.45, 7) is 6.03. The minimum atomic E-state index is -0.0124. The van der Waals surface area contributed by atoms with Gasteiger partial charge in [0.1, 0.15) is 5.15 Å². The lowest BCUT2D eigenvalue weighted by molar-refractivity contribution is 0.0754. The van der Waals surface area contributed by atoms with Crippen molar-refractivity contribution in [3.63, 3.8) is 0 Å². The molecule has 0 N–H and O–H groups in total. The zero-order chi connectivity index (χ0) is 13.0. The van der Waals surface area contributed by atoms with Crippen molar-refractivity contribution in [2.24, 2.45) is 0 Å². The number of halogens is 1. The highest BCUT2D eigenvalue weighted by atomic mass is 35.5. The summed E-state index contributed by atoms with van der Waals surface area (Å²) < 4.78 is 0. The molecule has 0 aromatic carbocycles. The summed E-state index contributed by atoms with van der Waals surface area (Å²) in [5, 5.41) is 0.386. The summed E-state index contributed by atoms with van der Waals surface area (Å²) in [5.41, 5.74) is 1.49. The fourth-order valence-electron chi connectivity index (χ4n) is 1.50. The Morgan fingerprint density at radius 2 is 2.12 bits per heavy atom. The van der Waals surface area contributed by atoms with Crippen LogP contribution in [0.4, 0.5) is 0 Å². The van der Waals surface area contributed by atoms with Crippen LogP contribution < -0.4 is 0 Å². The number of rotatable bonds is 4. The van der Waals surface area contributed by atoms with Crippen LogP contribution in [0.1, 0.15) is 43.2 Å². The summed E-state index contributed by atoms with van der Waals surface area (Å²) in [4.78, 5) is 18.0. The molecule has 0 aliphatic carbocycles. The maximum absolute atomic E-state index is 12.1. The molecule has 0 aliphatic heterocycles. The first-order valence-corrected chi connectivity index (χ1v) is 6.27. The predicted molar refractivity (Wildman–Crippen MR) is 70.5 cm³/mol. The van der Waals surface area contributed by atoms with E-state index in [1.54, 1.807) is 18.0 Å². The van der Waals surface area contributed by atoms with E-state index in [0.717, 1.165) is 18.5 Å². The Bertz CT molecular complexity index is 404. The third-order valence-corrected chi connectivity index (χ3v) is 2.89. The largest absolute Gasteiger partial charge is 0.339 e. The van der Waals surface area contributed by atoms with E-state index in [1.165, 1.54) is 0 Å². The van der Waals surface area contributed by atoms with Crippen molar-refractivity contribution in [3.8, 4) is 0 Å². The van der Waals surface area contributed by atoms with Crippen LogP contribution in [0.15, 0.2) is 12.1 Å². The molecule has 0 saturated carbocycles. The molecule has 3 nitrogen and oxygen atoms in total. The van der Waals surface area contributed by atoms with Crippen LogP contribution in [0.3, 0.4) is 0 Å². The maximum atomic E-state index is 12.1. The van der Waals surface area contributed by atoms with E-state index in [4.69, 9.17) is 11.6 Å². The molecule has 0 aliphatic rings. The highest BCUT2D eigenvalue weighted by molar-refractivity contribution is 6.29. The lowest BCUT2D eigenvalue weighted by atomic mass is 10.1. The van der Waals surface area contributed by atoms with Crippen molar-refractivity contribution < 1.29 is 4.79 Å². The van der Waals surface area contributed by atoms with Gasteiger partial charge in [-0.1, -0.05) is 24.9 Å². The number of pyridine rings is 1. The Labute approximate surface area is 108 Å². The molecule has 1 aromatic heterocycles. The van der Waals surface area contributed by atoms with Crippen molar-refractivity contribution in [2.45, 2.75) is 39.7 Å². The van der Waals surface area contributed by atoms with Crippen molar-refractivity contribution in [3.05, 3.63) is 28.5 Å². The van der Waals surface area contributed by atoms with Gasteiger partial charge in [-0.25, -0.2) is 4.98 Å². The molecule has 0 saturated heterocycles. The van der Waals surface area contributed by atoms with Gasteiger partial charge in [-0.15, -0.1) is 0 Å². The molecule has 1 rings (SSSR count). The second-order valence-electron chi connectivity index (χ2n) is 4.43. The standard InChI is InChI=1S/C13H19ClN2O/c1-5-6-11-7-10(8-12(14)15-11)13(17)16(4)9(2)3/h7-9H,5-6H2,1-4H3. The Kier molecular flexibility index (Phi) is 4.94. The Balaban J connectivity index is 3.01. The monoisotopic (exact) mass is 254 g/mol. The molecule has 0 spiro atoms. The quantitative estimate of drug-likeness (QED) is 0.774. The number of carbonyl (C=O) groups excluding carboxylic acids is 1. The van der Waals surface area contributed by atoms with E-state index in [0.29, 0.717) is 10.7 Å². The molecule has 0 atom stereocenters. The highest BCUT2D eigenvalue weighted by Crippen LogP contribution is 2.14. The molecule has 0 radical (unpaired) electrons. The van der Waals surface area contributed by atoms with E-state index < -0.39 is 0 Å². The molecule has 1 heterocycles. The van der Waals surface area contributed by atoms with Crippen LogP contribution in [0, 0.1) is 0 Å². The summed E-state index contributed by atoms with van der Waals surface area (Å²) >= 11 is 5.93. The van der Waals surface area contributed by atoms with Crippen molar-refractivity contribution >= 4 is 17.5 Å². The van der Waals surface area contributed by atoms with Crippen molar-refractivity contribution in [2.75, 3.05) is 7.05 Å². The topological polar surface area (TPSA) is 33.2 Å². The summed E-state index contributed by atoms with van der Waals surface area (Å²) in [6, 6.07) is 3.63. The molecule has 0 bridgehead atoms. The van der Waals surface area contributed by atoms with Gasteiger partial charge in [0.05, 0.1) is 0 Å². The normalized spacial score (nSPS) is 10.7. The number of amides is 1. The van der Waals surface area contributed by atoms with Crippen molar-refractivity contribution in [1.29, 1.82) is 0 Å². The fraction of sp³-hybridized carbons (Fsp3) is 0.538. The van der Waals surface area contributed by atoms with Crippen LogP contribution in [0.2, 0.25) is 5.15 Å². The predicted octanol–water partition coefficient (Wildman–Crippen LogP) is 3.17. The molecule has 17 heavy (non-hydrogen) atoms. The van der Waals surface area contributed by atoms with Gasteiger partial charge < -0.3 is 4.90 Å². The summed E-state index contributed by atoms with van der Waals surface area (Å²) in [6.07, 6.45) is 1.83. The zero-order valence-corrected chi connectivity index (χ0v) is 11.6. The molecule has 0 fully saturated rings. The van der Waals surface area contributed by atoms with Crippen LogP contribution in [-0.4, -0.2) is 28.9 Å². The van der Waals surface area contributed by atoms with Gasteiger partial charge >= 0.3 is 0 Å². The fourth-order valence-corrected chi connectivity index (χ4v) is 1.72. The zero-order valence-electron chi connectivity index (χ0n) is 10.8. The van der Waals surface area contributed by atoms with Crippen LogP contribution >= 0.6 is 11.6 Å². The van der Waals surface area contributed by atoms with E-state index in [-0.39, 0.29) is 11.9 Å². The second-order valence-corrected chi connectivity index (χ2v) is 4.82. The average molecular weight is 255 g/mol. The number of nitrogens with zero attached hydrogens (tertiary/aromatic N) is 2. The number of aryl methyl sites for hydroxylation is 1.